The zero-order valence-electron chi connectivity index (χ0n) is 14.5. The van der Waals surface area contributed by atoms with Crippen molar-refractivity contribution < 1.29 is 14.3 Å². The van der Waals surface area contributed by atoms with Gasteiger partial charge >= 0.3 is 0 Å². The molecule has 2 amide bonds. The maximum Gasteiger partial charge on any atom is 0.259 e. The fourth-order valence-electron chi connectivity index (χ4n) is 2.45. The van der Waals surface area contributed by atoms with E-state index in [0.29, 0.717) is 22.7 Å². The van der Waals surface area contributed by atoms with Crippen molar-refractivity contribution in [2.45, 2.75) is 19.8 Å². The number of methoxy groups -OCH3 is 1. The number of benzene rings is 2. The molecular weight excluding hydrogens is 318 g/mol. The number of hydrogen-bond acceptors (Lipinski definition) is 4. The summed E-state index contributed by atoms with van der Waals surface area (Å²) in [6, 6.07) is 12.4. The molecule has 132 valence electrons. The molecule has 0 aliphatic heterocycles. The Morgan fingerprint density at radius 3 is 2.56 bits per heavy atom. The number of anilines is 2. The van der Waals surface area contributed by atoms with E-state index < -0.39 is 0 Å². The molecule has 0 aliphatic carbocycles. The second kappa shape index (κ2) is 8.84. The first-order valence-corrected chi connectivity index (χ1v) is 8.16. The van der Waals surface area contributed by atoms with Crippen molar-refractivity contribution in [1.82, 2.24) is 0 Å². The minimum atomic E-state index is -0.277. The molecule has 0 aromatic heterocycles. The van der Waals surface area contributed by atoms with Gasteiger partial charge in [0.1, 0.15) is 5.75 Å². The van der Waals surface area contributed by atoms with Gasteiger partial charge in [-0.2, -0.15) is 0 Å². The third kappa shape index (κ3) is 4.81. The fraction of sp³-hybridized carbons (Fsp3) is 0.263. The van der Waals surface area contributed by atoms with Crippen molar-refractivity contribution in [3.05, 3.63) is 53.6 Å². The average Bonchev–Trinajstić information content (AvgIpc) is 2.62. The Morgan fingerprint density at radius 2 is 1.88 bits per heavy atom. The summed E-state index contributed by atoms with van der Waals surface area (Å²) in [5, 5.41) is 5.68. The molecule has 2 rings (SSSR count). The van der Waals surface area contributed by atoms with Gasteiger partial charge in [0.2, 0.25) is 5.91 Å². The van der Waals surface area contributed by atoms with E-state index in [9.17, 15) is 9.59 Å². The first kappa shape index (κ1) is 18.5. The Kier molecular flexibility index (Phi) is 6.54. The van der Waals surface area contributed by atoms with Crippen molar-refractivity contribution in [2.75, 3.05) is 24.3 Å². The highest BCUT2D eigenvalue weighted by Crippen LogP contribution is 2.24. The number of amides is 2. The maximum atomic E-state index is 12.5. The summed E-state index contributed by atoms with van der Waals surface area (Å²) < 4.78 is 5.21. The molecule has 0 radical (unpaired) electrons. The summed E-state index contributed by atoms with van der Waals surface area (Å²) in [6.45, 7) is 2.29. The van der Waals surface area contributed by atoms with E-state index in [-0.39, 0.29) is 24.8 Å². The van der Waals surface area contributed by atoms with Crippen LogP contribution in [0.15, 0.2) is 42.5 Å². The van der Waals surface area contributed by atoms with E-state index in [2.05, 4.69) is 10.6 Å². The number of ether oxygens (including phenoxy) is 1. The van der Waals surface area contributed by atoms with Gasteiger partial charge in [0.15, 0.2) is 0 Å². The molecule has 2 aromatic carbocycles. The van der Waals surface area contributed by atoms with E-state index in [1.165, 1.54) is 7.11 Å². The molecule has 2 aromatic rings. The standard InChI is InChI=1S/C19H23N3O3/c1-3-13-8-9-14(12-16(13)22-18(23)10-11-20)21-19(24)15-6-4-5-7-17(15)25-2/h4-9,12H,3,10-11,20H2,1-2H3,(H,21,24)(H,22,23). The molecule has 4 N–H and O–H groups in total. The van der Waals surface area contributed by atoms with Gasteiger partial charge in [-0.05, 0) is 36.2 Å². The normalized spacial score (nSPS) is 10.2. The first-order valence-electron chi connectivity index (χ1n) is 8.16. The molecule has 0 atom stereocenters. The van der Waals surface area contributed by atoms with Crippen molar-refractivity contribution in [2.24, 2.45) is 5.73 Å². The van der Waals surface area contributed by atoms with Crippen LogP contribution in [0.1, 0.15) is 29.3 Å². The third-order valence-electron chi connectivity index (χ3n) is 3.75. The van der Waals surface area contributed by atoms with Crippen LogP contribution >= 0.6 is 0 Å². The maximum absolute atomic E-state index is 12.5. The van der Waals surface area contributed by atoms with Crippen molar-refractivity contribution >= 4 is 23.2 Å². The van der Waals surface area contributed by atoms with Crippen LogP contribution in [0.2, 0.25) is 0 Å². The highest BCUT2D eigenvalue weighted by atomic mass is 16.5. The van der Waals surface area contributed by atoms with E-state index in [4.69, 9.17) is 10.5 Å². The quantitative estimate of drug-likeness (QED) is 0.722. The van der Waals surface area contributed by atoms with E-state index in [1.54, 1.807) is 30.3 Å². The smallest absolute Gasteiger partial charge is 0.259 e. The molecule has 0 fully saturated rings. The van der Waals surface area contributed by atoms with E-state index in [1.807, 2.05) is 19.1 Å². The highest BCUT2D eigenvalue weighted by Gasteiger charge is 2.13. The largest absolute Gasteiger partial charge is 0.496 e. The zero-order chi connectivity index (χ0) is 18.2. The predicted molar refractivity (Wildman–Crippen MR) is 99.1 cm³/mol. The van der Waals surface area contributed by atoms with E-state index >= 15 is 0 Å². The Bertz CT molecular complexity index is 759. The fourth-order valence-corrected chi connectivity index (χ4v) is 2.45. The van der Waals surface area contributed by atoms with E-state index in [0.717, 1.165) is 12.0 Å². The van der Waals surface area contributed by atoms with Crippen LogP contribution in [-0.4, -0.2) is 25.5 Å². The molecule has 0 unspecified atom stereocenters. The van der Waals surface area contributed by atoms with Crippen LogP contribution in [0.5, 0.6) is 5.75 Å². The minimum Gasteiger partial charge on any atom is -0.496 e. The molecule has 0 heterocycles. The number of carbonyl (C=O) groups excluding carboxylic acids is 2. The minimum absolute atomic E-state index is 0.148. The van der Waals surface area contributed by atoms with Gasteiger partial charge in [-0.1, -0.05) is 25.1 Å². The lowest BCUT2D eigenvalue weighted by molar-refractivity contribution is -0.116. The Labute approximate surface area is 147 Å². The van der Waals surface area contributed by atoms with Crippen molar-refractivity contribution in [1.29, 1.82) is 0 Å². The summed E-state index contributed by atoms with van der Waals surface area (Å²) in [5.41, 5.74) is 8.11. The Balaban J connectivity index is 2.22. The number of hydrogen-bond donors (Lipinski definition) is 3. The number of nitrogens with one attached hydrogen (secondary N) is 2. The monoisotopic (exact) mass is 341 g/mol. The highest BCUT2D eigenvalue weighted by molar-refractivity contribution is 6.06. The molecule has 0 aliphatic rings. The number of aryl methyl sites for hydroxylation is 1. The number of rotatable bonds is 7. The predicted octanol–water partition coefficient (Wildman–Crippen LogP) is 2.80. The van der Waals surface area contributed by atoms with Crippen LogP contribution < -0.4 is 21.1 Å². The Hall–Kier alpha value is -2.86. The summed E-state index contributed by atoms with van der Waals surface area (Å²) in [4.78, 5) is 24.3. The second-order valence-electron chi connectivity index (χ2n) is 5.47. The molecule has 6 nitrogen and oxygen atoms in total. The average molecular weight is 341 g/mol. The summed E-state index contributed by atoms with van der Waals surface area (Å²) in [7, 11) is 1.52. The number of para-hydroxylation sites is 1. The van der Waals surface area contributed by atoms with Crippen molar-refractivity contribution in [3.8, 4) is 5.75 Å². The van der Waals surface area contributed by atoms with Crippen LogP contribution in [0.3, 0.4) is 0 Å². The zero-order valence-corrected chi connectivity index (χ0v) is 14.5. The van der Waals surface area contributed by atoms with Gasteiger partial charge in [0.05, 0.1) is 12.7 Å². The van der Waals surface area contributed by atoms with Gasteiger partial charge in [-0.25, -0.2) is 0 Å². The van der Waals surface area contributed by atoms with Gasteiger partial charge in [0, 0.05) is 24.3 Å². The first-order chi connectivity index (χ1) is 12.1. The molecule has 0 saturated carbocycles. The van der Waals surface area contributed by atoms with Gasteiger partial charge in [-0.3, -0.25) is 9.59 Å². The van der Waals surface area contributed by atoms with Gasteiger partial charge in [0.25, 0.3) is 5.91 Å². The second-order valence-corrected chi connectivity index (χ2v) is 5.47. The molecule has 6 heteroatoms. The molecular formula is C19H23N3O3. The summed E-state index contributed by atoms with van der Waals surface area (Å²) in [6.07, 6.45) is 1.01. The van der Waals surface area contributed by atoms with Crippen LogP contribution in [-0.2, 0) is 11.2 Å². The summed E-state index contributed by atoms with van der Waals surface area (Å²) >= 11 is 0. The molecule has 0 spiro atoms. The number of carbonyl (C=O) groups is 2. The lowest BCUT2D eigenvalue weighted by atomic mass is 10.1. The van der Waals surface area contributed by atoms with Crippen LogP contribution in [0.25, 0.3) is 0 Å². The lowest BCUT2D eigenvalue weighted by Gasteiger charge is -2.13. The summed E-state index contributed by atoms with van der Waals surface area (Å²) in [5.74, 6) is 0.0768. The topological polar surface area (TPSA) is 93.5 Å². The van der Waals surface area contributed by atoms with Crippen LogP contribution in [0.4, 0.5) is 11.4 Å². The molecule has 0 saturated heterocycles. The van der Waals surface area contributed by atoms with Gasteiger partial charge < -0.3 is 21.1 Å². The van der Waals surface area contributed by atoms with Gasteiger partial charge in [-0.15, -0.1) is 0 Å². The molecule has 0 bridgehead atoms. The van der Waals surface area contributed by atoms with Crippen molar-refractivity contribution in [3.63, 3.8) is 0 Å². The number of nitrogens with two attached hydrogens (primary N) is 1. The van der Waals surface area contributed by atoms with Crippen LogP contribution in [0, 0.1) is 0 Å². The SMILES string of the molecule is CCc1ccc(NC(=O)c2ccccc2OC)cc1NC(=O)CCN. The lowest BCUT2D eigenvalue weighted by Crippen LogP contribution is -2.18. The third-order valence-corrected chi connectivity index (χ3v) is 3.75. The molecule has 25 heavy (non-hydrogen) atoms. The Morgan fingerprint density at radius 1 is 1.12 bits per heavy atom.